The van der Waals surface area contributed by atoms with Crippen LogP contribution in [0.2, 0.25) is 0 Å². The standard InChI is InChI=1S/C15H17BrF2/c16-14(13-6-9-1-2-10(13)5-9)7-11-3-4-12(17)8-15(11)18/h3-4,8-10,13-14H,1-2,5-7H2. The summed E-state index contributed by atoms with van der Waals surface area (Å²) in [4.78, 5) is 0.327. The summed E-state index contributed by atoms with van der Waals surface area (Å²) in [6, 6.07) is 3.90. The third kappa shape index (κ3) is 2.34. The summed E-state index contributed by atoms with van der Waals surface area (Å²) in [6.45, 7) is 0. The zero-order valence-corrected chi connectivity index (χ0v) is 11.8. The maximum atomic E-state index is 13.6. The second-order valence-electron chi connectivity index (χ2n) is 5.79. The minimum Gasteiger partial charge on any atom is -0.207 e. The van der Waals surface area contributed by atoms with E-state index in [1.54, 1.807) is 6.07 Å². The van der Waals surface area contributed by atoms with Crippen molar-refractivity contribution in [2.75, 3.05) is 0 Å². The molecule has 3 heteroatoms. The van der Waals surface area contributed by atoms with Crippen LogP contribution in [0.4, 0.5) is 8.78 Å². The van der Waals surface area contributed by atoms with Gasteiger partial charge in [-0.05, 0) is 55.1 Å². The Kier molecular flexibility index (Phi) is 3.44. The molecular formula is C15H17BrF2. The second kappa shape index (κ2) is 4.92. The highest BCUT2D eigenvalue weighted by Gasteiger charge is 2.42. The first-order valence-electron chi connectivity index (χ1n) is 6.71. The van der Waals surface area contributed by atoms with Gasteiger partial charge in [0, 0.05) is 10.9 Å². The van der Waals surface area contributed by atoms with Crippen molar-refractivity contribution >= 4 is 15.9 Å². The van der Waals surface area contributed by atoms with Gasteiger partial charge in [0.15, 0.2) is 0 Å². The monoisotopic (exact) mass is 314 g/mol. The highest BCUT2D eigenvalue weighted by molar-refractivity contribution is 9.09. The molecule has 0 saturated heterocycles. The van der Waals surface area contributed by atoms with Gasteiger partial charge in [0.05, 0.1) is 0 Å². The SMILES string of the molecule is Fc1ccc(CC(Br)C2CC3CCC2C3)c(F)c1. The van der Waals surface area contributed by atoms with E-state index in [4.69, 9.17) is 0 Å². The minimum atomic E-state index is -0.498. The van der Waals surface area contributed by atoms with Crippen LogP contribution in [0.3, 0.4) is 0 Å². The fourth-order valence-electron chi connectivity index (χ4n) is 3.79. The molecule has 1 aromatic rings. The molecule has 0 aromatic heterocycles. The minimum absolute atomic E-state index is 0.327. The van der Waals surface area contributed by atoms with Crippen LogP contribution >= 0.6 is 15.9 Å². The summed E-state index contributed by atoms with van der Waals surface area (Å²) in [7, 11) is 0. The van der Waals surface area contributed by atoms with Crippen molar-refractivity contribution in [2.24, 2.45) is 17.8 Å². The van der Waals surface area contributed by atoms with Gasteiger partial charge in [-0.3, -0.25) is 0 Å². The molecule has 0 spiro atoms. The highest BCUT2D eigenvalue weighted by atomic mass is 79.9. The Balaban J connectivity index is 1.69. The third-order valence-electron chi connectivity index (χ3n) is 4.69. The molecule has 2 saturated carbocycles. The summed E-state index contributed by atoms with van der Waals surface area (Å²) in [5.74, 6) is 1.49. The van der Waals surface area contributed by atoms with E-state index in [0.29, 0.717) is 22.7 Å². The van der Waals surface area contributed by atoms with E-state index < -0.39 is 11.6 Å². The van der Waals surface area contributed by atoms with E-state index in [1.165, 1.54) is 31.7 Å². The van der Waals surface area contributed by atoms with Crippen LogP contribution in [0.15, 0.2) is 18.2 Å². The largest absolute Gasteiger partial charge is 0.207 e. The Morgan fingerprint density at radius 1 is 1.22 bits per heavy atom. The fourth-order valence-corrected chi connectivity index (χ4v) is 4.78. The van der Waals surface area contributed by atoms with E-state index in [2.05, 4.69) is 15.9 Å². The maximum Gasteiger partial charge on any atom is 0.129 e. The van der Waals surface area contributed by atoms with E-state index in [-0.39, 0.29) is 0 Å². The molecule has 0 amide bonds. The Morgan fingerprint density at radius 2 is 2.06 bits per heavy atom. The zero-order valence-electron chi connectivity index (χ0n) is 10.2. The Labute approximate surface area is 115 Å². The number of alkyl halides is 1. The van der Waals surface area contributed by atoms with Crippen molar-refractivity contribution in [3.63, 3.8) is 0 Å². The van der Waals surface area contributed by atoms with Gasteiger partial charge in [-0.2, -0.15) is 0 Å². The molecule has 3 rings (SSSR count). The van der Waals surface area contributed by atoms with E-state index >= 15 is 0 Å². The number of hydrogen-bond donors (Lipinski definition) is 0. The van der Waals surface area contributed by atoms with Gasteiger partial charge in [-0.15, -0.1) is 0 Å². The van der Waals surface area contributed by atoms with Crippen LogP contribution in [-0.2, 0) is 6.42 Å². The van der Waals surface area contributed by atoms with Gasteiger partial charge in [0.25, 0.3) is 0 Å². The summed E-state index contributed by atoms with van der Waals surface area (Å²) in [6.07, 6.45) is 6.02. The Hall–Kier alpha value is -0.440. The summed E-state index contributed by atoms with van der Waals surface area (Å²) < 4.78 is 26.5. The average Bonchev–Trinajstić information content (AvgIpc) is 2.94. The molecule has 2 aliphatic carbocycles. The predicted molar refractivity (Wildman–Crippen MR) is 71.7 cm³/mol. The highest BCUT2D eigenvalue weighted by Crippen LogP contribution is 2.51. The first kappa shape index (κ1) is 12.6. The van der Waals surface area contributed by atoms with Crippen LogP contribution < -0.4 is 0 Å². The first-order chi connectivity index (χ1) is 8.63. The lowest BCUT2D eigenvalue weighted by molar-refractivity contribution is 0.325. The number of rotatable bonds is 3. The van der Waals surface area contributed by atoms with Crippen molar-refractivity contribution in [1.82, 2.24) is 0 Å². The molecule has 4 atom stereocenters. The Morgan fingerprint density at radius 3 is 2.67 bits per heavy atom. The third-order valence-corrected chi connectivity index (χ3v) is 5.69. The second-order valence-corrected chi connectivity index (χ2v) is 6.97. The van der Waals surface area contributed by atoms with Crippen molar-refractivity contribution in [2.45, 2.75) is 36.9 Å². The van der Waals surface area contributed by atoms with E-state index in [1.807, 2.05) is 0 Å². The lowest BCUT2D eigenvalue weighted by Gasteiger charge is -2.26. The molecule has 18 heavy (non-hydrogen) atoms. The molecule has 98 valence electrons. The van der Waals surface area contributed by atoms with Crippen molar-refractivity contribution in [3.05, 3.63) is 35.4 Å². The molecule has 0 heterocycles. The molecule has 2 bridgehead atoms. The van der Waals surface area contributed by atoms with Crippen LogP contribution in [0.25, 0.3) is 0 Å². The Bertz CT molecular complexity index is 446. The van der Waals surface area contributed by atoms with Crippen LogP contribution in [0, 0.1) is 29.4 Å². The fraction of sp³-hybridized carbons (Fsp3) is 0.600. The van der Waals surface area contributed by atoms with Crippen LogP contribution in [-0.4, -0.2) is 4.83 Å². The molecule has 0 aliphatic heterocycles. The van der Waals surface area contributed by atoms with E-state index in [9.17, 15) is 8.78 Å². The molecule has 4 unspecified atom stereocenters. The van der Waals surface area contributed by atoms with Gasteiger partial charge < -0.3 is 0 Å². The summed E-state index contributed by atoms with van der Waals surface area (Å²) in [5, 5.41) is 0. The quantitative estimate of drug-likeness (QED) is 0.709. The van der Waals surface area contributed by atoms with Gasteiger partial charge in [-0.1, -0.05) is 28.4 Å². The summed E-state index contributed by atoms with van der Waals surface area (Å²) >= 11 is 3.74. The molecule has 0 nitrogen and oxygen atoms in total. The molecule has 0 radical (unpaired) electrons. The van der Waals surface area contributed by atoms with Crippen LogP contribution in [0.1, 0.15) is 31.2 Å². The van der Waals surface area contributed by atoms with Gasteiger partial charge in [-0.25, -0.2) is 8.78 Å². The van der Waals surface area contributed by atoms with Crippen molar-refractivity contribution in [3.8, 4) is 0 Å². The number of fused-ring (bicyclic) bond motifs is 2. The van der Waals surface area contributed by atoms with Crippen molar-refractivity contribution in [1.29, 1.82) is 0 Å². The normalized spacial score (nSPS) is 31.8. The zero-order chi connectivity index (χ0) is 12.7. The van der Waals surface area contributed by atoms with Gasteiger partial charge >= 0.3 is 0 Å². The number of halogens is 3. The topological polar surface area (TPSA) is 0 Å². The van der Waals surface area contributed by atoms with Gasteiger partial charge in [0.2, 0.25) is 0 Å². The summed E-state index contributed by atoms with van der Waals surface area (Å²) in [5.41, 5.74) is 0.626. The smallest absolute Gasteiger partial charge is 0.129 e. The number of hydrogen-bond acceptors (Lipinski definition) is 0. The van der Waals surface area contributed by atoms with Crippen molar-refractivity contribution < 1.29 is 8.78 Å². The maximum absolute atomic E-state index is 13.6. The molecule has 0 N–H and O–H groups in total. The first-order valence-corrected chi connectivity index (χ1v) is 7.63. The molecular weight excluding hydrogens is 298 g/mol. The molecule has 1 aromatic carbocycles. The number of benzene rings is 1. The predicted octanol–water partition coefficient (Wildman–Crippen LogP) is 4.71. The lowest BCUT2D eigenvalue weighted by atomic mass is 9.84. The van der Waals surface area contributed by atoms with Crippen LogP contribution in [0.5, 0.6) is 0 Å². The average molecular weight is 315 g/mol. The molecule has 2 aliphatic rings. The van der Waals surface area contributed by atoms with E-state index in [0.717, 1.165) is 17.9 Å². The molecule has 2 fully saturated rings. The van der Waals surface area contributed by atoms with Gasteiger partial charge in [0.1, 0.15) is 11.6 Å². The lowest BCUT2D eigenvalue weighted by Crippen LogP contribution is -2.23.